The SMILES string of the molecule is O=C(O)[C@H]1CCCCN1Cc1ccc(Br)o1. The second-order valence-electron chi connectivity index (χ2n) is 4.03. The van der Waals surface area contributed by atoms with Gasteiger partial charge >= 0.3 is 5.97 Å². The van der Waals surface area contributed by atoms with E-state index in [1.807, 2.05) is 17.0 Å². The molecule has 1 aliphatic rings. The molecule has 1 N–H and O–H groups in total. The number of nitrogens with zero attached hydrogens (tertiary/aromatic N) is 1. The Morgan fingerprint density at radius 2 is 2.38 bits per heavy atom. The first kappa shape index (κ1) is 11.7. The molecule has 2 rings (SSSR count). The monoisotopic (exact) mass is 287 g/mol. The van der Waals surface area contributed by atoms with Gasteiger partial charge in [-0.25, -0.2) is 0 Å². The van der Waals surface area contributed by atoms with Crippen LogP contribution in [0.3, 0.4) is 0 Å². The second kappa shape index (κ2) is 5.01. The summed E-state index contributed by atoms with van der Waals surface area (Å²) >= 11 is 3.24. The number of aliphatic carboxylic acids is 1. The number of likely N-dealkylation sites (tertiary alicyclic amines) is 1. The van der Waals surface area contributed by atoms with E-state index in [0.29, 0.717) is 11.2 Å². The van der Waals surface area contributed by atoms with Crippen molar-refractivity contribution in [2.24, 2.45) is 0 Å². The third-order valence-electron chi connectivity index (χ3n) is 2.89. The number of hydrogen-bond donors (Lipinski definition) is 1. The third kappa shape index (κ3) is 2.65. The van der Waals surface area contributed by atoms with Crippen molar-refractivity contribution in [1.29, 1.82) is 0 Å². The number of piperidine rings is 1. The van der Waals surface area contributed by atoms with Gasteiger partial charge in [0.25, 0.3) is 0 Å². The quantitative estimate of drug-likeness (QED) is 0.928. The molecule has 0 saturated carbocycles. The Kier molecular flexibility index (Phi) is 3.66. The standard InChI is InChI=1S/C11H14BrNO3/c12-10-5-4-8(16-10)7-13-6-2-1-3-9(13)11(14)15/h4-5,9H,1-3,6-7H2,(H,14,15)/t9-/m1/s1. The molecule has 1 fully saturated rings. The van der Waals surface area contributed by atoms with Crippen LogP contribution in [0.4, 0.5) is 0 Å². The van der Waals surface area contributed by atoms with E-state index >= 15 is 0 Å². The van der Waals surface area contributed by atoms with Crippen LogP contribution in [0.2, 0.25) is 0 Å². The Balaban J connectivity index is 2.03. The first-order chi connectivity index (χ1) is 7.66. The topological polar surface area (TPSA) is 53.7 Å². The summed E-state index contributed by atoms with van der Waals surface area (Å²) in [5.74, 6) is 0.0744. The molecule has 1 aromatic heterocycles. The van der Waals surface area contributed by atoms with Crippen molar-refractivity contribution < 1.29 is 14.3 Å². The Hall–Kier alpha value is -0.810. The van der Waals surface area contributed by atoms with Gasteiger partial charge in [0.15, 0.2) is 4.67 Å². The van der Waals surface area contributed by atoms with E-state index in [1.54, 1.807) is 0 Å². The molecule has 0 bridgehead atoms. The summed E-state index contributed by atoms with van der Waals surface area (Å²) in [7, 11) is 0. The van der Waals surface area contributed by atoms with Crippen LogP contribution >= 0.6 is 15.9 Å². The number of furan rings is 1. The van der Waals surface area contributed by atoms with Crippen molar-refractivity contribution in [3.8, 4) is 0 Å². The van der Waals surface area contributed by atoms with Gasteiger partial charge in [-0.2, -0.15) is 0 Å². The van der Waals surface area contributed by atoms with Gasteiger partial charge in [0, 0.05) is 0 Å². The van der Waals surface area contributed by atoms with Crippen LogP contribution in [0.5, 0.6) is 0 Å². The van der Waals surface area contributed by atoms with E-state index in [2.05, 4.69) is 15.9 Å². The molecule has 5 heteroatoms. The number of hydrogen-bond acceptors (Lipinski definition) is 3. The van der Waals surface area contributed by atoms with Crippen molar-refractivity contribution in [2.45, 2.75) is 31.8 Å². The number of carboxylic acid groups (broad SMARTS) is 1. The molecule has 0 aromatic carbocycles. The maximum absolute atomic E-state index is 11.1. The highest BCUT2D eigenvalue weighted by Crippen LogP contribution is 2.22. The zero-order valence-corrected chi connectivity index (χ0v) is 10.4. The van der Waals surface area contributed by atoms with Crippen molar-refractivity contribution in [1.82, 2.24) is 4.90 Å². The predicted molar refractivity (Wildman–Crippen MR) is 62.1 cm³/mol. The lowest BCUT2D eigenvalue weighted by atomic mass is 10.0. The molecule has 1 aliphatic heterocycles. The van der Waals surface area contributed by atoms with E-state index in [0.717, 1.165) is 31.6 Å². The maximum Gasteiger partial charge on any atom is 0.320 e. The Morgan fingerprint density at radius 3 is 3.00 bits per heavy atom. The van der Waals surface area contributed by atoms with Crippen LogP contribution in [-0.4, -0.2) is 28.6 Å². The minimum Gasteiger partial charge on any atom is -0.480 e. The minimum absolute atomic E-state index is 0.363. The molecule has 4 nitrogen and oxygen atoms in total. The van der Waals surface area contributed by atoms with E-state index in [1.165, 1.54) is 0 Å². The Bertz CT molecular complexity index is 377. The van der Waals surface area contributed by atoms with E-state index in [4.69, 9.17) is 9.52 Å². The molecular formula is C11H14BrNO3. The predicted octanol–water partition coefficient (Wildman–Crippen LogP) is 2.48. The molecular weight excluding hydrogens is 274 g/mol. The molecule has 16 heavy (non-hydrogen) atoms. The van der Waals surface area contributed by atoms with Gasteiger partial charge in [-0.05, 0) is 47.4 Å². The summed E-state index contributed by atoms with van der Waals surface area (Å²) in [6.07, 6.45) is 2.79. The fourth-order valence-electron chi connectivity index (χ4n) is 2.10. The summed E-state index contributed by atoms with van der Waals surface area (Å²) in [6, 6.07) is 3.34. The molecule has 0 amide bonds. The third-order valence-corrected chi connectivity index (χ3v) is 3.31. The van der Waals surface area contributed by atoms with Crippen LogP contribution in [-0.2, 0) is 11.3 Å². The van der Waals surface area contributed by atoms with Crippen molar-refractivity contribution >= 4 is 21.9 Å². The number of carboxylic acids is 1. The fourth-order valence-corrected chi connectivity index (χ4v) is 2.44. The Morgan fingerprint density at radius 1 is 1.56 bits per heavy atom. The van der Waals surface area contributed by atoms with E-state index in [-0.39, 0.29) is 6.04 Å². The van der Waals surface area contributed by atoms with Crippen LogP contribution in [0.1, 0.15) is 25.0 Å². The van der Waals surface area contributed by atoms with Crippen molar-refractivity contribution in [2.75, 3.05) is 6.54 Å². The zero-order chi connectivity index (χ0) is 11.5. The molecule has 1 atom stereocenters. The first-order valence-electron chi connectivity index (χ1n) is 5.38. The molecule has 0 unspecified atom stereocenters. The molecule has 0 radical (unpaired) electrons. The molecule has 1 saturated heterocycles. The summed E-state index contributed by atoms with van der Waals surface area (Å²) in [5.41, 5.74) is 0. The van der Waals surface area contributed by atoms with Crippen LogP contribution in [0.15, 0.2) is 21.2 Å². The number of carbonyl (C=O) groups is 1. The van der Waals surface area contributed by atoms with Gasteiger partial charge < -0.3 is 9.52 Å². The van der Waals surface area contributed by atoms with Crippen LogP contribution in [0.25, 0.3) is 0 Å². The lowest BCUT2D eigenvalue weighted by Crippen LogP contribution is -2.43. The van der Waals surface area contributed by atoms with Gasteiger partial charge in [0.2, 0.25) is 0 Å². The number of halogens is 1. The molecule has 0 aliphatic carbocycles. The second-order valence-corrected chi connectivity index (χ2v) is 4.81. The van der Waals surface area contributed by atoms with Crippen molar-refractivity contribution in [3.05, 3.63) is 22.6 Å². The average molecular weight is 288 g/mol. The average Bonchev–Trinajstić information content (AvgIpc) is 2.64. The molecule has 1 aromatic rings. The van der Waals surface area contributed by atoms with Gasteiger partial charge in [-0.1, -0.05) is 6.42 Å². The Labute approximate surface area is 102 Å². The minimum atomic E-state index is -0.731. The van der Waals surface area contributed by atoms with Gasteiger partial charge in [-0.3, -0.25) is 9.69 Å². The summed E-state index contributed by atoms with van der Waals surface area (Å²) in [4.78, 5) is 13.0. The normalized spacial score (nSPS) is 22.2. The van der Waals surface area contributed by atoms with Gasteiger partial charge in [0.05, 0.1) is 6.54 Å². The fraction of sp³-hybridized carbons (Fsp3) is 0.545. The highest BCUT2D eigenvalue weighted by molar-refractivity contribution is 9.10. The van der Waals surface area contributed by atoms with Crippen LogP contribution < -0.4 is 0 Å². The van der Waals surface area contributed by atoms with Crippen molar-refractivity contribution in [3.63, 3.8) is 0 Å². The molecule has 0 spiro atoms. The summed E-state index contributed by atoms with van der Waals surface area (Å²) in [6.45, 7) is 1.40. The zero-order valence-electron chi connectivity index (χ0n) is 8.86. The molecule has 2 heterocycles. The molecule has 88 valence electrons. The summed E-state index contributed by atoms with van der Waals surface area (Å²) in [5, 5.41) is 9.11. The van der Waals surface area contributed by atoms with Crippen LogP contribution in [0, 0.1) is 0 Å². The van der Waals surface area contributed by atoms with Gasteiger partial charge in [0.1, 0.15) is 11.8 Å². The smallest absolute Gasteiger partial charge is 0.320 e. The van der Waals surface area contributed by atoms with Gasteiger partial charge in [-0.15, -0.1) is 0 Å². The lowest BCUT2D eigenvalue weighted by Gasteiger charge is -2.31. The number of rotatable bonds is 3. The summed E-state index contributed by atoms with van der Waals surface area (Å²) < 4.78 is 6.08. The largest absolute Gasteiger partial charge is 0.480 e. The maximum atomic E-state index is 11.1. The van der Waals surface area contributed by atoms with E-state index in [9.17, 15) is 4.79 Å². The first-order valence-corrected chi connectivity index (χ1v) is 6.17. The lowest BCUT2D eigenvalue weighted by molar-refractivity contribution is -0.145. The highest BCUT2D eigenvalue weighted by atomic mass is 79.9. The van der Waals surface area contributed by atoms with E-state index < -0.39 is 5.97 Å². The highest BCUT2D eigenvalue weighted by Gasteiger charge is 2.28.